The summed E-state index contributed by atoms with van der Waals surface area (Å²) in [5, 5.41) is 20.0. The maximum absolute atomic E-state index is 10.9. The van der Waals surface area contributed by atoms with Gasteiger partial charge in [-0.3, -0.25) is 4.79 Å². The van der Waals surface area contributed by atoms with Crippen molar-refractivity contribution in [2.45, 2.75) is 26.1 Å². The molecule has 5 nitrogen and oxygen atoms in total. The van der Waals surface area contributed by atoms with E-state index in [0.717, 1.165) is 0 Å². The van der Waals surface area contributed by atoms with Crippen LogP contribution in [0.3, 0.4) is 0 Å². The number of aliphatic hydroxyl groups excluding tert-OH is 2. The summed E-state index contributed by atoms with van der Waals surface area (Å²) in [4.78, 5) is 10.9. The molecule has 0 saturated heterocycles. The van der Waals surface area contributed by atoms with Crippen molar-refractivity contribution in [1.82, 2.24) is 5.32 Å². The van der Waals surface area contributed by atoms with Gasteiger partial charge in [-0.05, 0) is 13.8 Å². The van der Waals surface area contributed by atoms with Crippen molar-refractivity contribution in [2.24, 2.45) is 0 Å². The maximum atomic E-state index is 10.9. The number of hydrogen-bond donors (Lipinski definition) is 3. The van der Waals surface area contributed by atoms with E-state index in [2.05, 4.69) is 5.32 Å². The van der Waals surface area contributed by atoms with E-state index < -0.39 is 6.10 Å². The molecule has 0 aromatic carbocycles. The molecule has 0 saturated carbocycles. The van der Waals surface area contributed by atoms with Gasteiger partial charge in [0.1, 0.15) is 0 Å². The van der Waals surface area contributed by atoms with Crippen LogP contribution in [0.2, 0.25) is 0 Å². The van der Waals surface area contributed by atoms with Gasteiger partial charge in [-0.2, -0.15) is 0 Å². The summed E-state index contributed by atoms with van der Waals surface area (Å²) in [5.74, 6) is -0.361. The first-order valence-corrected chi connectivity index (χ1v) is 4.25. The van der Waals surface area contributed by atoms with Crippen LogP contribution in [-0.4, -0.2) is 48.1 Å². The van der Waals surface area contributed by atoms with Gasteiger partial charge in [0.25, 0.3) is 0 Å². The summed E-state index contributed by atoms with van der Waals surface area (Å²) in [5.41, 5.74) is 0. The Bertz CT molecular complexity index is 149. The Morgan fingerprint density at radius 3 is 2.62 bits per heavy atom. The number of carbonyl (C=O) groups is 1. The van der Waals surface area contributed by atoms with Crippen LogP contribution >= 0.6 is 0 Å². The third kappa shape index (κ3) is 7.70. The number of esters is 1. The van der Waals surface area contributed by atoms with Gasteiger partial charge in [0, 0.05) is 6.54 Å². The highest BCUT2D eigenvalue weighted by molar-refractivity contribution is 5.71. The van der Waals surface area contributed by atoms with Gasteiger partial charge < -0.3 is 20.3 Å². The number of nitrogens with one attached hydrogen (secondary N) is 1. The Morgan fingerprint density at radius 2 is 2.15 bits per heavy atom. The molecule has 0 aliphatic carbocycles. The van der Waals surface area contributed by atoms with Crippen LogP contribution in [0, 0.1) is 0 Å². The molecule has 0 radical (unpaired) electrons. The van der Waals surface area contributed by atoms with Crippen molar-refractivity contribution in [3.8, 4) is 0 Å². The van der Waals surface area contributed by atoms with E-state index in [1.165, 1.54) is 0 Å². The zero-order valence-electron chi connectivity index (χ0n) is 7.99. The summed E-state index contributed by atoms with van der Waals surface area (Å²) in [7, 11) is 0. The first kappa shape index (κ1) is 12.3. The summed E-state index contributed by atoms with van der Waals surface area (Å²) < 4.78 is 4.82. The lowest BCUT2D eigenvalue weighted by molar-refractivity contribution is -0.146. The third-order valence-electron chi connectivity index (χ3n) is 1.23. The van der Waals surface area contributed by atoms with E-state index in [1.54, 1.807) is 13.8 Å². The largest absolute Gasteiger partial charge is 0.462 e. The number of carbonyl (C=O) groups excluding carboxylic acids is 1. The molecular weight excluding hydrogens is 174 g/mol. The first-order valence-electron chi connectivity index (χ1n) is 4.25. The van der Waals surface area contributed by atoms with E-state index in [0.29, 0.717) is 0 Å². The quantitative estimate of drug-likeness (QED) is 0.463. The van der Waals surface area contributed by atoms with Crippen molar-refractivity contribution in [3.05, 3.63) is 0 Å². The van der Waals surface area contributed by atoms with E-state index >= 15 is 0 Å². The smallest absolute Gasteiger partial charge is 0.320 e. The summed E-state index contributed by atoms with van der Waals surface area (Å²) in [6, 6.07) is 0. The van der Waals surface area contributed by atoms with Crippen molar-refractivity contribution in [2.75, 3.05) is 19.7 Å². The Kier molecular flexibility index (Phi) is 6.48. The Balaban J connectivity index is 3.37. The second-order valence-corrected chi connectivity index (χ2v) is 3.01. The predicted molar refractivity (Wildman–Crippen MR) is 47.2 cm³/mol. The van der Waals surface area contributed by atoms with Crippen LogP contribution in [-0.2, 0) is 9.53 Å². The Labute approximate surface area is 77.7 Å². The van der Waals surface area contributed by atoms with Crippen LogP contribution in [0.5, 0.6) is 0 Å². The predicted octanol–water partition coefficient (Wildman–Crippen LogP) is -1.12. The zero-order valence-corrected chi connectivity index (χ0v) is 7.99. The molecule has 0 amide bonds. The molecule has 1 atom stereocenters. The van der Waals surface area contributed by atoms with Crippen molar-refractivity contribution >= 4 is 5.97 Å². The lowest BCUT2D eigenvalue weighted by Gasteiger charge is -2.10. The normalized spacial score (nSPS) is 13.0. The standard InChI is InChI=1S/C8H17NO4/c1-6(2)13-8(12)4-9-3-7(11)5-10/h6-7,9-11H,3-5H2,1-2H3. The Hall–Kier alpha value is -0.650. The van der Waals surface area contributed by atoms with Gasteiger partial charge in [-0.25, -0.2) is 0 Å². The van der Waals surface area contributed by atoms with Crippen LogP contribution in [0.4, 0.5) is 0 Å². The second-order valence-electron chi connectivity index (χ2n) is 3.01. The molecule has 3 N–H and O–H groups in total. The van der Waals surface area contributed by atoms with Crippen LogP contribution in [0.25, 0.3) is 0 Å². The SMILES string of the molecule is CC(C)OC(=O)CNCC(O)CO. The van der Waals surface area contributed by atoms with Gasteiger partial charge in [-0.15, -0.1) is 0 Å². The fraction of sp³-hybridized carbons (Fsp3) is 0.875. The minimum Gasteiger partial charge on any atom is -0.462 e. The molecule has 1 unspecified atom stereocenters. The van der Waals surface area contributed by atoms with Crippen LogP contribution in [0.15, 0.2) is 0 Å². The van der Waals surface area contributed by atoms with Gasteiger partial charge in [-0.1, -0.05) is 0 Å². The lowest BCUT2D eigenvalue weighted by Crippen LogP contribution is -2.34. The second kappa shape index (κ2) is 6.82. The molecule has 5 heteroatoms. The Morgan fingerprint density at radius 1 is 1.54 bits per heavy atom. The van der Waals surface area contributed by atoms with Gasteiger partial charge in [0.2, 0.25) is 0 Å². The molecule has 78 valence electrons. The molecule has 13 heavy (non-hydrogen) atoms. The van der Waals surface area contributed by atoms with Crippen molar-refractivity contribution in [1.29, 1.82) is 0 Å². The molecular formula is C8H17NO4. The highest BCUT2D eigenvalue weighted by Crippen LogP contribution is 1.87. The summed E-state index contributed by atoms with van der Waals surface area (Å²) >= 11 is 0. The fourth-order valence-corrected chi connectivity index (χ4v) is 0.710. The average molecular weight is 191 g/mol. The first-order chi connectivity index (χ1) is 6.06. The number of hydrogen-bond acceptors (Lipinski definition) is 5. The van der Waals surface area contributed by atoms with Crippen LogP contribution in [0.1, 0.15) is 13.8 Å². The highest BCUT2D eigenvalue weighted by atomic mass is 16.5. The molecule has 0 aliphatic heterocycles. The van der Waals surface area contributed by atoms with E-state index in [4.69, 9.17) is 14.9 Å². The third-order valence-corrected chi connectivity index (χ3v) is 1.23. The maximum Gasteiger partial charge on any atom is 0.320 e. The highest BCUT2D eigenvalue weighted by Gasteiger charge is 2.06. The number of aliphatic hydroxyl groups is 2. The molecule has 0 heterocycles. The summed E-state index contributed by atoms with van der Waals surface area (Å²) in [6.07, 6.45) is -0.955. The van der Waals surface area contributed by atoms with Gasteiger partial charge >= 0.3 is 5.97 Å². The number of ether oxygens (including phenoxy) is 1. The zero-order chi connectivity index (χ0) is 10.3. The van der Waals surface area contributed by atoms with Gasteiger partial charge in [0.05, 0.1) is 25.4 Å². The summed E-state index contributed by atoms with van der Waals surface area (Å²) in [6.45, 7) is 3.45. The van der Waals surface area contributed by atoms with E-state index in [9.17, 15) is 4.79 Å². The lowest BCUT2D eigenvalue weighted by atomic mass is 10.4. The molecule has 0 aromatic heterocycles. The molecule has 0 rings (SSSR count). The van der Waals surface area contributed by atoms with Gasteiger partial charge in [0.15, 0.2) is 0 Å². The monoisotopic (exact) mass is 191 g/mol. The minimum absolute atomic E-state index is 0.0508. The topological polar surface area (TPSA) is 78.8 Å². The fourth-order valence-electron chi connectivity index (χ4n) is 0.710. The molecule has 0 aliphatic rings. The van der Waals surface area contributed by atoms with E-state index in [-0.39, 0.29) is 31.8 Å². The molecule has 0 bridgehead atoms. The van der Waals surface area contributed by atoms with E-state index in [1.807, 2.05) is 0 Å². The molecule has 0 aromatic rings. The average Bonchev–Trinajstić information content (AvgIpc) is 2.02. The molecule has 0 spiro atoms. The molecule has 0 fully saturated rings. The van der Waals surface area contributed by atoms with Crippen molar-refractivity contribution in [3.63, 3.8) is 0 Å². The van der Waals surface area contributed by atoms with Crippen molar-refractivity contribution < 1.29 is 19.7 Å². The minimum atomic E-state index is -0.827. The van der Waals surface area contributed by atoms with Crippen LogP contribution < -0.4 is 5.32 Å². The number of rotatable bonds is 6.